The lowest BCUT2D eigenvalue weighted by molar-refractivity contribution is -0.128. The van der Waals surface area contributed by atoms with Crippen LogP contribution in [0.3, 0.4) is 0 Å². The zero-order valence-corrected chi connectivity index (χ0v) is 11.6. The van der Waals surface area contributed by atoms with E-state index in [0.717, 1.165) is 6.42 Å². The zero-order chi connectivity index (χ0) is 13.5. The second-order valence-electron chi connectivity index (χ2n) is 4.55. The number of thioether (sulfide) groups is 1. The fraction of sp³-hybridized carbons (Fsp3) is 0.308. The van der Waals surface area contributed by atoms with Gasteiger partial charge in [0.25, 0.3) is 0 Å². The molecule has 1 aromatic rings. The van der Waals surface area contributed by atoms with Crippen LogP contribution in [0.15, 0.2) is 29.3 Å². The molecule has 3 rings (SSSR count). The number of Topliss-reactive ketones (excluding diaryl/α,β-unsaturated/α-hetero) is 1. The van der Waals surface area contributed by atoms with Gasteiger partial charge in [-0.05, 0) is 37.1 Å². The third kappa shape index (κ3) is 2.17. The maximum Gasteiger partial charge on any atom is 0.250 e. The van der Waals surface area contributed by atoms with Crippen molar-refractivity contribution in [1.29, 1.82) is 0 Å². The molecule has 1 heterocycles. The molecule has 1 aliphatic heterocycles. The number of rotatable bonds is 1. The van der Waals surface area contributed by atoms with E-state index in [0.29, 0.717) is 28.7 Å². The molecule has 1 aliphatic carbocycles. The van der Waals surface area contributed by atoms with Crippen LogP contribution in [0.5, 0.6) is 0 Å². The van der Waals surface area contributed by atoms with E-state index in [2.05, 4.69) is 10.3 Å². The molecule has 1 spiro atoms. The van der Waals surface area contributed by atoms with Crippen molar-refractivity contribution in [3.8, 4) is 0 Å². The number of ketones is 1. The first-order valence-electron chi connectivity index (χ1n) is 5.98. The van der Waals surface area contributed by atoms with Gasteiger partial charge in [0.15, 0.2) is 15.7 Å². The molecule has 6 heteroatoms. The molecule has 4 nitrogen and oxygen atoms in total. The van der Waals surface area contributed by atoms with Gasteiger partial charge >= 0.3 is 0 Å². The van der Waals surface area contributed by atoms with Crippen molar-refractivity contribution in [1.82, 2.24) is 5.32 Å². The summed E-state index contributed by atoms with van der Waals surface area (Å²) < 4.78 is -0.925. The summed E-state index contributed by atoms with van der Waals surface area (Å²) in [6, 6.07) is 7.00. The largest absolute Gasteiger partial charge is 0.303 e. The molecule has 0 bridgehead atoms. The van der Waals surface area contributed by atoms with Crippen LogP contribution in [0.4, 0.5) is 5.69 Å². The van der Waals surface area contributed by atoms with Crippen LogP contribution >= 0.6 is 23.4 Å². The Morgan fingerprint density at radius 2 is 2.00 bits per heavy atom. The maximum absolute atomic E-state index is 12.0. The van der Waals surface area contributed by atoms with Crippen LogP contribution in [0.25, 0.3) is 0 Å². The molecule has 1 saturated heterocycles. The van der Waals surface area contributed by atoms with Crippen molar-refractivity contribution in [3.63, 3.8) is 0 Å². The lowest BCUT2D eigenvalue weighted by atomic mass is 10.1. The highest BCUT2D eigenvalue weighted by Gasteiger charge is 2.54. The van der Waals surface area contributed by atoms with E-state index in [-0.39, 0.29) is 11.7 Å². The fourth-order valence-corrected chi connectivity index (χ4v) is 3.66. The van der Waals surface area contributed by atoms with Crippen LogP contribution in [-0.4, -0.2) is 21.6 Å². The van der Waals surface area contributed by atoms with Crippen LogP contribution < -0.4 is 5.32 Å². The second-order valence-corrected chi connectivity index (χ2v) is 6.28. The average molecular weight is 295 g/mol. The minimum atomic E-state index is -0.925. The van der Waals surface area contributed by atoms with Crippen molar-refractivity contribution < 1.29 is 9.59 Å². The second kappa shape index (κ2) is 4.65. The third-order valence-corrected chi connectivity index (χ3v) is 4.90. The number of halogens is 1. The fourth-order valence-electron chi connectivity index (χ4n) is 2.31. The van der Waals surface area contributed by atoms with Gasteiger partial charge < -0.3 is 5.32 Å². The molecule has 19 heavy (non-hydrogen) atoms. The van der Waals surface area contributed by atoms with Crippen LogP contribution in [0.1, 0.15) is 19.3 Å². The molecule has 1 aromatic carbocycles. The van der Waals surface area contributed by atoms with E-state index in [9.17, 15) is 9.59 Å². The molecule has 1 saturated carbocycles. The van der Waals surface area contributed by atoms with Crippen molar-refractivity contribution in [2.75, 3.05) is 0 Å². The number of hydrogen-bond donors (Lipinski definition) is 1. The number of amides is 1. The standard InChI is InChI=1S/C13H11ClN2O2S/c14-8-3-5-9(6-4-8)15-12-16-11(18)13(19-12)7-1-2-10(13)17/h3-6H,1-2,7H2,(H,15,16,18). The van der Waals surface area contributed by atoms with Crippen molar-refractivity contribution in [2.45, 2.75) is 24.0 Å². The Morgan fingerprint density at radius 3 is 2.63 bits per heavy atom. The van der Waals surface area contributed by atoms with Gasteiger partial charge in [-0.25, -0.2) is 4.99 Å². The predicted octanol–water partition coefficient (Wildman–Crippen LogP) is 2.68. The molecule has 1 atom stereocenters. The highest BCUT2D eigenvalue weighted by Crippen LogP contribution is 2.43. The van der Waals surface area contributed by atoms with Crippen LogP contribution in [0.2, 0.25) is 5.02 Å². The SMILES string of the molecule is O=C1CCCC12SC(=Nc1ccc(Cl)cc1)NC2=O. The highest BCUT2D eigenvalue weighted by molar-refractivity contribution is 8.17. The predicted molar refractivity (Wildman–Crippen MR) is 75.9 cm³/mol. The topological polar surface area (TPSA) is 58.5 Å². The molecule has 0 aromatic heterocycles. The van der Waals surface area contributed by atoms with Gasteiger partial charge in [0, 0.05) is 11.4 Å². The Hall–Kier alpha value is -1.33. The van der Waals surface area contributed by atoms with Gasteiger partial charge in [-0.2, -0.15) is 0 Å². The van der Waals surface area contributed by atoms with E-state index < -0.39 is 4.75 Å². The lowest BCUT2D eigenvalue weighted by Crippen LogP contribution is -2.39. The van der Waals surface area contributed by atoms with Gasteiger partial charge in [-0.3, -0.25) is 9.59 Å². The van der Waals surface area contributed by atoms with Gasteiger partial charge in [0.05, 0.1) is 5.69 Å². The van der Waals surface area contributed by atoms with E-state index in [1.54, 1.807) is 24.3 Å². The summed E-state index contributed by atoms with van der Waals surface area (Å²) in [4.78, 5) is 28.2. The smallest absolute Gasteiger partial charge is 0.250 e. The molecule has 1 N–H and O–H groups in total. The number of nitrogens with zero attached hydrogens (tertiary/aromatic N) is 1. The average Bonchev–Trinajstić information content (AvgIpc) is 2.89. The van der Waals surface area contributed by atoms with E-state index in [4.69, 9.17) is 11.6 Å². The molecular weight excluding hydrogens is 284 g/mol. The number of carbonyl (C=O) groups is 2. The van der Waals surface area contributed by atoms with Gasteiger partial charge in [0.1, 0.15) is 0 Å². The molecular formula is C13H11ClN2O2S. The Bertz CT molecular complexity index is 585. The Labute approximate surface area is 119 Å². The van der Waals surface area contributed by atoms with E-state index in [1.807, 2.05) is 0 Å². The van der Waals surface area contributed by atoms with Gasteiger partial charge in [-0.1, -0.05) is 23.4 Å². The number of benzene rings is 1. The molecule has 0 radical (unpaired) electrons. The number of amidine groups is 1. The van der Waals surface area contributed by atoms with E-state index >= 15 is 0 Å². The normalized spacial score (nSPS) is 28.4. The molecule has 2 aliphatic rings. The summed E-state index contributed by atoms with van der Waals surface area (Å²) in [5.41, 5.74) is 0.703. The summed E-state index contributed by atoms with van der Waals surface area (Å²) >= 11 is 7.04. The Balaban J connectivity index is 1.87. The third-order valence-electron chi connectivity index (χ3n) is 3.30. The minimum Gasteiger partial charge on any atom is -0.303 e. The summed E-state index contributed by atoms with van der Waals surface area (Å²) in [5.74, 6) is -0.219. The first-order chi connectivity index (χ1) is 9.10. The van der Waals surface area contributed by atoms with Crippen LogP contribution in [-0.2, 0) is 9.59 Å². The summed E-state index contributed by atoms with van der Waals surface area (Å²) in [6.07, 6.45) is 1.85. The Morgan fingerprint density at radius 1 is 1.26 bits per heavy atom. The highest BCUT2D eigenvalue weighted by atomic mass is 35.5. The minimum absolute atomic E-state index is 0.0105. The first-order valence-corrected chi connectivity index (χ1v) is 7.18. The molecule has 1 amide bonds. The number of carbonyl (C=O) groups excluding carboxylic acids is 2. The van der Waals surface area contributed by atoms with E-state index in [1.165, 1.54) is 11.8 Å². The quantitative estimate of drug-likeness (QED) is 0.810. The maximum atomic E-state index is 12.0. The molecule has 98 valence electrons. The van der Waals surface area contributed by atoms with Crippen molar-refractivity contribution >= 4 is 45.9 Å². The van der Waals surface area contributed by atoms with Crippen molar-refractivity contribution in [3.05, 3.63) is 29.3 Å². The van der Waals surface area contributed by atoms with Crippen molar-refractivity contribution in [2.24, 2.45) is 4.99 Å². The number of aliphatic imine (C=N–C) groups is 1. The summed E-state index contributed by atoms with van der Waals surface area (Å²) in [7, 11) is 0. The zero-order valence-electron chi connectivity index (χ0n) is 9.98. The summed E-state index contributed by atoms with van der Waals surface area (Å²) in [5, 5.41) is 3.82. The monoisotopic (exact) mass is 294 g/mol. The number of hydrogen-bond acceptors (Lipinski definition) is 4. The van der Waals surface area contributed by atoms with Gasteiger partial charge in [0.2, 0.25) is 5.91 Å². The van der Waals surface area contributed by atoms with Crippen LogP contribution in [0, 0.1) is 0 Å². The lowest BCUT2D eigenvalue weighted by Gasteiger charge is -2.13. The summed E-state index contributed by atoms with van der Waals surface area (Å²) in [6.45, 7) is 0. The van der Waals surface area contributed by atoms with Gasteiger partial charge in [-0.15, -0.1) is 0 Å². The number of nitrogens with one attached hydrogen (secondary N) is 1. The molecule has 2 fully saturated rings. The molecule has 1 unspecified atom stereocenters. The Kier molecular flexibility index (Phi) is 3.11. The first kappa shape index (κ1) is 12.7.